The van der Waals surface area contributed by atoms with Gasteiger partial charge in [0.15, 0.2) is 0 Å². The van der Waals surface area contributed by atoms with Gasteiger partial charge in [-0.05, 0) is 50.1 Å². The highest BCUT2D eigenvalue weighted by molar-refractivity contribution is 5.56. The Morgan fingerprint density at radius 2 is 1.95 bits per heavy atom. The van der Waals surface area contributed by atoms with Crippen LogP contribution in [0.4, 0.5) is 10.1 Å². The number of nitrogens with one attached hydrogen (secondary N) is 1. The lowest BCUT2D eigenvalue weighted by molar-refractivity contribution is 0.475. The number of anilines is 1. The van der Waals surface area contributed by atoms with E-state index in [0.717, 1.165) is 12.0 Å². The maximum absolute atomic E-state index is 13.7. The van der Waals surface area contributed by atoms with Gasteiger partial charge in [-0.25, -0.2) is 4.39 Å². The zero-order chi connectivity index (χ0) is 15.4. The van der Waals surface area contributed by atoms with Gasteiger partial charge in [0, 0.05) is 17.3 Å². The minimum absolute atomic E-state index is 0.0709. The fraction of sp³-hybridized carbons (Fsp3) is 0.235. The van der Waals surface area contributed by atoms with Crippen molar-refractivity contribution < 1.29 is 9.50 Å². The Balaban J connectivity index is 2.12. The molecule has 0 fully saturated rings. The van der Waals surface area contributed by atoms with Gasteiger partial charge in [-0.2, -0.15) is 5.26 Å². The number of nitrogens with zero attached hydrogens (tertiary/aromatic N) is 1. The molecule has 21 heavy (non-hydrogen) atoms. The number of benzene rings is 2. The molecule has 0 amide bonds. The van der Waals surface area contributed by atoms with Crippen LogP contribution in [0.5, 0.6) is 5.75 Å². The molecule has 108 valence electrons. The average Bonchev–Trinajstić information content (AvgIpc) is 2.46. The van der Waals surface area contributed by atoms with E-state index in [1.807, 2.05) is 25.1 Å². The minimum atomic E-state index is -0.381. The maximum Gasteiger partial charge on any atom is 0.129 e. The topological polar surface area (TPSA) is 56.0 Å². The van der Waals surface area contributed by atoms with Crippen LogP contribution in [-0.2, 0) is 6.42 Å². The van der Waals surface area contributed by atoms with Gasteiger partial charge in [-0.3, -0.25) is 0 Å². The molecule has 2 rings (SSSR count). The lowest BCUT2D eigenvalue weighted by atomic mass is 10.0. The zero-order valence-electron chi connectivity index (χ0n) is 12.0. The fourth-order valence-corrected chi connectivity index (χ4v) is 2.20. The smallest absolute Gasteiger partial charge is 0.129 e. The first-order chi connectivity index (χ1) is 9.99. The van der Waals surface area contributed by atoms with Crippen molar-refractivity contribution in [3.05, 3.63) is 58.9 Å². The summed E-state index contributed by atoms with van der Waals surface area (Å²) in [5.74, 6) is -0.146. The molecule has 0 saturated heterocycles. The second kappa shape index (κ2) is 6.27. The molecular weight excluding hydrogens is 267 g/mol. The lowest BCUT2D eigenvalue weighted by Gasteiger charge is -2.18. The quantitative estimate of drug-likeness (QED) is 0.899. The van der Waals surface area contributed by atoms with Crippen LogP contribution in [0, 0.1) is 24.1 Å². The summed E-state index contributed by atoms with van der Waals surface area (Å²) >= 11 is 0. The Labute approximate surface area is 123 Å². The monoisotopic (exact) mass is 284 g/mol. The molecule has 4 heteroatoms. The normalized spacial score (nSPS) is 11.7. The van der Waals surface area contributed by atoms with E-state index in [1.165, 1.54) is 6.07 Å². The number of nitriles is 1. The fourth-order valence-electron chi connectivity index (χ4n) is 2.20. The summed E-state index contributed by atoms with van der Waals surface area (Å²) in [5, 5.41) is 21.4. The minimum Gasteiger partial charge on any atom is -0.508 e. The summed E-state index contributed by atoms with van der Waals surface area (Å²) in [4.78, 5) is 0. The van der Waals surface area contributed by atoms with Crippen LogP contribution in [0.15, 0.2) is 36.4 Å². The van der Waals surface area contributed by atoms with Gasteiger partial charge in [0.2, 0.25) is 0 Å². The summed E-state index contributed by atoms with van der Waals surface area (Å²) in [6.07, 6.45) is 0.734. The van der Waals surface area contributed by atoms with Crippen LogP contribution >= 0.6 is 0 Å². The van der Waals surface area contributed by atoms with E-state index >= 15 is 0 Å². The van der Waals surface area contributed by atoms with Crippen LogP contribution in [0.25, 0.3) is 0 Å². The van der Waals surface area contributed by atoms with E-state index < -0.39 is 0 Å². The molecule has 0 aliphatic heterocycles. The highest BCUT2D eigenvalue weighted by Gasteiger charge is 2.10. The molecule has 2 aromatic rings. The lowest BCUT2D eigenvalue weighted by Crippen LogP contribution is -2.19. The molecule has 0 aromatic heterocycles. The van der Waals surface area contributed by atoms with E-state index in [9.17, 15) is 9.50 Å². The summed E-state index contributed by atoms with van der Waals surface area (Å²) in [6, 6.07) is 11.9. The Bertz CT molecular complexity index is 674. The molecule has 2 aromatic carbocycles. The molecule has 0 aliphatic rings. The molecule has 0 spiro atoms. The van der Waals surface area contributed by atoms with Crippen LogP contribution in [0.1, 0.15) is 23.6 Å². The predicted molar refractivity (Wildman–Crippen MR) is 80.7 cm³/mol. The maximum atomic E-state index is 13.7. The van der Waals surface area contributed by atoms with Crippen molar-refractivity contribution in [3.8, 4) is 11.8 Å². The standard InChI is InChI=1S/C17H17FN2O/c1-11(7-13-3-5-15(21)6-4-13)20-17-9-14(10-19)8-16(18)12(17)2/h3-6,8-9,11,20-21H,7H2,1-2H3. The SMILES string of the molecule is Cc1c(F)cc(C#N)cc1NC(C)Cc1ccc(O)cc1. The van der Waals surface area contributed by atoms with Gasteiger partial charge < -0.3 is 10.4 Å². The second-order valence-corrected chi connectivity index (χ2v) is 5.16. The number of rotatable bonds is 4. The largest absolute Gasteiger partial charge is 0.508 e. The summed E-state index contributed by atoms with van der Waals surface area (Å²) in [5.41, 5.74) is 2.52. The van der Waals surface area contributed by atoms with Crippen molar-refractivity contribution in [2.45, 2.75) is 26.3 Å². The first-order valence-corrected chi connectivity index (χ1v) is 6.74. The third-order valence-corrected chi connectivity index (χ3v) is 3.35. The summed E-state index contributed by atoms with van der Waals surface area (Å²) < 4.78 is 13.7. The Kier molecular flexibility index (Phi) is 4.44. The van der Waals surface area contributed by atoms with E-state index in [-0.39, 0.29) is 17.6 Å². The van der Waals surface area contributed by atoms with Gasteiger partial charge in [-0.1, -0.05) is 12.1 Å². The first kappa shape index (κ1) is 14.9. The summed E-state index contributed by atoms with van der Waals surface area (Å²) in [7, 11) is 0. The third kappa shape index (κ3) is 3.73. The molecular formula is C17H17FN2O. The molecule has 0 saturated carbocycles. The predicted octanol–water partition coefficient (Wildman–Crippen LogP) is 3.75. The molecule has 0 bridgehead atoms. The van der Waals surface area contributed by atoms with Crippen molar-refractivity contribution >= 4 is 5.69 Å². The van der Waals surface area contributed by atoms with Crippen LogP contribution in [0.3, 0.4) is 0 Å². The van der Waals surface area contributed by atoms with E-state index in [4.69, 9.17) is 5.26 Å². The molecule has 0 radical (unpaired) electrons. The molecule has 1 atom stereocenters. The Hall–Kier alpha value is -2.54. The van der Waals surface area contributed by atoms with Crippen LogP contribution in [-0.4, -0.2) is 11.1 Å². The van der Waals surface area contributed by atoms with E-state index in [1.54, 1.807) is 25.1 Å². The van der Waals surface area contributed by atoms with Crippen LogP contribution in [0.2, 0.25) is 0 Å². The van der Waals surface area contributed by atoms with E-state index in [2.05, 4.69) is 5.32 Å². The highest BCUT2D eigenvalue weighted by atomic mass is 19.1. The second-order valence-electron chi connectivity index (χ2n) is 5.16. The van der Waals surface area contributed by atoms with Crippen molar-refractivity contribution in [2.75, 3.05) is 5.32 Å². The Morgan fingerprint density at radius 3 is 2.57 bits per heavy atom. The third-order valence-electron chi connectivity index (χ3n) is 3.35. The van der Waals surface area contributed by atoms with Crippen LogP contribution < -0.4 is 5.32 Å². The zero-order valence-corrected chi connectivity index (χ0v) is 12.0. The molecule has 1 unspecified atom stereocenters. The average molecular weight is 284 g/mol. The number of halogens is 1. The van der Waals surface area contributed by atoms with Crippen molar-refractivity contribution in [3.63, 3.8) is 0 Å². The highest BCUT2D eigenvalue weighted by Crippen LogP contribution is 2.22. The number of phenolic OH excluding ortho intramolecular Hbond substituents is 1. The molecule has 2 N–H and O–H groups in total. The van der Waals surface area contributed by atoms with Gasteiger partial charge in [0.25, 0.3) is 0 Å². The molecule has 3 nitrogen and oxygen atoms in total. The molecule has 0 heterocycles. The summed E-state index contributed by atoms with van der Waals surface area (Å²) in [6.45, 7) is 3.68. The number of hydrogen-bond donors (Lipinski definition) is 2. The van der Waals surface area contributed by atoms with Gasteiger partial charge in [0.05, 0.1) is 11.6 Å². The van der Waals surface area contributed by atoms with Gasteiger partial charge in [-0.15, -0.1) is 0 Å². The van der Waals surface area contributed by atoms with Crippen molar-refractivity contribution in [1.82, 2.24) is 0 Å². The first-order valence-electron chi connectivity index (χ1n) is 6.74. The van der Waals surface area contributed by atoms with Crippen molar-refractivity contribution in [1.29, 1.82) is 5.26 Å². The Morgan fingerprint density at radius 1 is 1.29 bits per heavy atom. The van der Waals surface area contributed by atoms with Crippen molar-refractivity contribution in [2.24, 2.45) is 0 Å². The van der Waals surface area contributed by atoms with Gasteiger partial charge >= 0.3 is 0 Å². The molecule has 0 aliphatic carbocycles. The number of aromatic hydroxyl groups is 1. The number of hydrogen-bond acceptors (Lipinski definition) is 3. The van der Waals surface area contributed by atoms with E-state index in [0.29, 0.717) is 16.8 Å². The number of phenols is 1. The van der Waals surface area contributed by atoms with Gasteiger partial charge in [0.1, 0.15) is 11.6 Å².